The van der Waals surface area contributed by atoms with E-state index >= 15 is 0 Å². The van der Waals surface area contributed by atoms with Crippen LogP contribution in [0.1, 0.15) is 18.1 Å². The lowest BCUT2D eigenvalue weighted by atomic mass is 10.0. The predicted octanol–water partition coefficient (Wildman–Crippen LogP) is 3.86. The van der Waals surface area contributed by atoms with Crippen LogP contribution in [0.5, 0.6) is 0 Å². The first kappa shape index (κ1) is 27.4. The summed E-state index contributed by atoms with van der Waals surface area (Å²) in [5, 5.41) is 47.2. The lowest BCUT2D eigenvalue weighted by molar-refractivity contribution is -0.393. The molecule has 1 fully saturated rings. The summed E-state index contributed by atoms with van der Waals surface area (Å²) in [6, 6.07) is 3.07. The Morgan fingerprint density at radius 2 is 1.49 bits per heavy atom. The van der Waals surface area contributed by atoms with Crippen molar-refractivity contribution in [3.8, 4) is 0 Å². The third-order valence-corrected chi connectivity index (χ3v) is 5.91. The first-order chi connectivity index (χ1) is 17.2. The molecule has 1 aliphatic heterocycles. The minimum atomic E-state index is -4.76. The van der Waals surface area contributed by atoms with Crippen molar-refractivity contribution in [1.29, 1.82) is 0 Å². The number of anilines is 3. The third-order valence-electron chi connectivity index (χ3n) is 5.91. The molecule has 3 rings (SSSR count). The van der Waals surface area contributed by atoms with E-state index in [-0.39, 0.29) is 55.3 Å². The van der Waals surface area contributed by atoms with Gasteiger partial charge in [-0.3, -0.25) is 30.3 Å². The molecule has 0 spiro atoms. The molecule has 0 bridgehead atoms. The van der Waals surface area contributed by atoms with Crippen molar-refractivity contribution < 1.29 is 33.0 Å². The number of aliphatic hydroxyl groups excluding tert-OH is 1. The molecule has 200 valence electrons. The van der Waals surface area contributed by atoms with E-state index in [1.807, 2.05) is 0 Å². The van der Waals surface area contributed by atoms with E-state index in [2.05, 4.69) is 5.32 Å². The van der Waals surface area contributed by atoms with Gasteiger partial charge < -0.3 is 20.2 Å². The molecular weight excluding hydrogens is 505 g/mol. The molecule has 37 heavy (non-hydrogen) atoms. The molecule has 2 aromatic carbocycles. The average molecular weight is 528 g/mol. The third kappa shape index (κ3) is 5.79. The fraction of sp³-hybridized carbons (Fsp3) is 0.429. The number of nitro groups is 3. The first-order valence-corrected chi connectivity index (χ1v) is 11.0. The monoisotopic (exact) mass is 528 g/mol. The van der Waals surface area contributed by atoms with Gasteiger partial charge in [0.25, 0.3) is 17.1 Å². The zero-order valence-corrected chi connectivity index (χ0v) is 19.7. The number of alkyl halides is 3. The van der Waals surface area contributed by atoms with E-state index in [0.29, 0.717) is 6.07 Å². The van der Waals surface area contributed by atoms with Crippen LogP contribution in [0.25, 0.3) is 0 Å². The molecule has 1 saturated heterocycles. The van der Waals surface area contributed by atoms with E-state index in [1.54, 1.807) is 4.90 Å². The van der Waals surface area contributed by atoms with Crippen LogP contribution in [0.4, 0.5) is 47.3 Å². The van der Waals surface area contributed by atoms with E-state index < -0.39 is 49.7 Å². The van der Waals surface area contributed by atoms with Crippen LogP contribution in [-0.4, -0.2) is 58.7 Å². The van der Waals surface area contributed by atoms with Gasteiger partial charge in [0.05, 0.1) is 32.5 Å². The second-order valence-corrected chi connectivity index (χ2v) is 8.44. The molecule has 13 nitrogen and oxygen atoms in total. The lowest BCUT2D eigenvalue weighted by Gasteiger charge is -2.37. The Kier molecular flexibility index (Phi) is 7.71. The number of halogens is 3. The predicted molar refractivity (Wildman–Crippen MR) is 127 cm³/mol. The molecule has 2 N–H and O–H groups in total. The maximum Gasteiger partial charge on any atom is 0.416 e. The van der Waals surface area contributed by atoms with Gasteiger partial charge in [-0.25, -0.2) is 0 Å². The number of piperazine rings is 1. The SMILES string of the molecule is Cc1c(NCC(C)O)c([N+](=O)[O-])cc([N+](=O)[O-])c1N1CCN(c2ccc(C(F)(F)F)cc2[N+](=O)[O-])CC1. The lowest BCUT2D eigenvalue weighted by Crippen LogP contribution is -2.47. The van der Waals surface area contributed by atoms with Crippen molar-refractivity contribution in [3.63, 3.8) is 0 Å². The van der Waals surface area contributed by atoms with Crippen molar-refractivity contribution >= 4 is 34.1 Å². The highest BCUT2D eigenvalue weighted by Crippen LogP contribution is 2.43. The second kappa shape index (κ2) is 10.4. The van der Waals surface area contributed by atoms with Gasteiger partial charge in [-0.1, -0.05) is 0 Å². The largest absolute Gasteiger partial charge is 0.416 e. The molecule has 16 heteroatoms. The number of nitrogens with one attached hydrogen (secondary N) is 1. The van der Waals surface area contributed by atoms with Gasteiger partial charge in [0, 0.05) is 44.4 Å². The first-order valence-electron chi connectivity index (χ1n) is 11.0. The van der Waals surface area contributed by atoms with Crippen molar-refractivity contribution in [2.75, 3.05) is 47.8 Å². The zero-order chi connectivity index (χ0) is 27.7. The summed E-state index contributed by atoms with van der Waals surface area (Å²) in [5.41, 5.74) is -2.63. The van der Waals surface area contributed by atoms with Gasteiger partial charge in [0.15, 0.2) is 0 Å². The van der Waals surface area contributed by atoms with Crippen molar-refractivity contribution in [3.05, 3.63) is 65.7 Å². The normalized spacial score (nSPS) is 14.9. The maximum absolute atomic E-state index is 13.0. The molecule has 0 aliphatic carbocycles. The summed E-state index contributed by atoms with van der Waals surface area (Å²) in [7, 11) is 0. The topological polar surface area (TPSA) is 168 Å². The van der Waals surface area contributed by atoms with Gasteiger partial charge in [-0.15, -0.1) is 0 Å². The van der Waals surface area contributed by atoms with Gasteiger partial charge in [-0.05, 0) is 26.0 Å². The van der Waals surface area contributed by atoms with Gasteiger partial charge in [0.1, 0.15) is 17.1 Å². The zero-order valence-electron chi connectivity index (χ0n) is 19.7. The number of rotatable bonds is 8. The number of nitrogens with zero attached hydrogens (tertiary/aromatic N) is 5. The van der Waals surface area contributed by atoms with Crippen LogP contribution in [0.3, 0.4) is 0 Å². The molecule has 2 aromatic rings. The Morgan fingerprint density at radius 3 is 1.97 bits per heavy atom. The molecule has 0 radical (unpaired) electrons. The van der Waals surface area contributed by atoms with Crippen molar-refractivity contribution in [2.24, 2.45) is 0 Å². The maximum atomic E-state index is 13.0. The quantitative estimate of drug-likeness (QED) is 0.379. The van der Waals surface area contributed by atoms with Crippen LogP contribution in [0.2, 0.25) is 0 Å². The minimum absolute atomic E-state index is 0.00677. The van der Waals surface area contributed by atoms with Crippen molar-refractivity contribution in [1.82, 2.24) is 0 Å². The molecule has 0 saturated carbocycles. The van der Waals surface area contributed by atoms with E-state index in [4.69, 9.17) is 0 Å². The number of hydrogen-bond donors (Lipinski definition) is 2. The number of nitro benzene ring substituents is 3. The Bertz CT molecular complexity index is 1230. The Hall–Kier alpha value is -4.21. The average Bonchev–Trinajstić information content (AvgIpc) is 2.81. The van der Waals surface area contributed by atoms with Gasteiger partial charge >= 0.3 is 6.18 Å². The molecule has 0 aromatic heterocycles. The molecule has 1 unspecified atom stereocenters. The molecule has 1 atom stereocenters. The number of benzene rings is 2. The van der Waals surface area contributed by atoms with Gasteiger partial charge in [0.2, 0.25) is 0 Å². The summed E-state index contributed by atoms with van der Waals surface area (Å²) < 4.78 is 39.1. The van der Waals surface area contributed by atoms with Crippen molar-refractivity contribution in [2.45, 2.75) is 26.1 Å². The molecule has 1 aliphatic rings. The Morgan fingerprint density at radius 1 is 0.946 bits per heavy atom. The van der Waals surface area contributed by atoms with Crippen LogP contribution in [-0.2, 0) is 6.18 Å². The number of aliphatic hydroxyl groups is 1. The Balaban J connectivity index is 1.96. The fourth-order valence-electron chi connectivity index (χ4n) is 4.21. The fourth-order valence-corrected chi connectivity index (χ4v) is 4.21. The molecule has 0 amide bonds. The van der Waals surface area contributed by atoms with Crippen LogP contribution in [0, 0.1) is 37.3 Å². The summed E-state index contributed by atoms with van der Waals surface area (Å²) in [5.74, 6) is 0. The second-order valence-electron chi connectivity index (χ2n) is 8.44. The summed E-state index contributed by atoms with van der Waals surface area (Å²) >= 11 is 0. The number of hydrogen-bond acceptors (Lipinski definition) is 10. The van der Waals surface area contributed by atoms with Crippen LogP contribution >= 0.6 is 0 Å². The summed E-state index contributed by atoms with van der Waals surface area (Å²) in [4.78, 5) is 35.6. The van der Waals surface area contributed by atoms with Crippen LogP contribution in [0.15, 0.2) is 24.3 Å². The van der Waals surface area contributed by atoms with E-state index in [0.717, 1.165) is 18.2 Å². The summed E-state index contributed by atoms with van der Waals surface area (Å²) in [6.45, 7) is 3.21. The smallest absolute Gasteiger partial charge is 0.392 e. The highest BCUT2D eigenvalue weighted by molar-refractivity contribution is 5.83. The molecule has 1 heterocycles. The molecular formula is C21H23F3N6O7. The highest BCUT2D eigenvalue weighted by atomic mass is 19.4. The Labute approximate surface area is 207 Å². The van der Waals surface area contributed by atoms with Gasteiger partial charge in [-0.2, -0.15) is 13.2 Å². The van der Waals surface area contributed by atoms with E-state index in [9.17, 15) is 48.6 Å². The summed E-state index contributed by atoms with van der Waals surface area (Å²) in [6.07, 6.45) is -5.62. The standard InChI is InChI=1S/C21H23F3N6O7/c1-12(31)11-25-19-13(2)20(18(30(36)37)10-17(19)29(34)35)27-7-5-26(6-8-27)15-4-3-14(21(22,23)24)9-16(15)28(32)33/h3-4,9-10,12,25,31H,5-8,11H2,1-2H3. The van der Waals surface area contributed by atoms with E-state index in [1.165, 1.54) is 18.7 Å². The minimum Gasteiger partial charge on any atom is -0.392 e. The highest BCUT2D eigenvalue weighted by Gasteiger charge is 2.36. The van der Waals surface area contributed by atoms with Crippen LogP contribution < -0.4 is 15.1 Å².